The molecule has 1 aliphatic heterocycles. The third-order valence-electron chi connectivity index (χ3n) is 6.92. The van der Waals surface area contributed by atoms with Gasteiger partial charge in [0.25, 0.3) is 0 Å². The Morgan fingerprint density at radius 1 is 0.967 bits per heavy atom. The van der Waals surface area contributed by atoms with Crippen LogP contribution in [0.4, 0.5) is 0 Å². The number of likely N-dealkylation sites (tertiary alicyclic amines) is 1. The van der Waals surface area contributed by atoms with Crippen LogP contribution < -0.4 is 0 Å². The summed E-state index contributed by atoms with van der Waals surface area (Å²) in [6.07, 6.45) is 3.21. The van der Waals surface area contributed by atoms with Gasteiger partial charge in [-0.3, -0.25) is 9.59 Å². The van der Waals surface area contributed by atoms with Crippen LogP contribution in [0.15, 0.2) is 54.6 Å². The highest BCUT2D eigenvalue weighted by Crippen LogP contribution is 2.42. The fourth-order valence-electron chi connectivity index (χ4n) is 4.83. The molecule has 2 aromatic rings. The van der Waals surface area contributed by atoms with Crippen molar-refractivity contribution in [3.05, 3.63) is 60.2 Å². The Balaban J connectivity index is 1.49. The molecular weight excluding hydrogens is 372 g/mol. The van der Waals surface area contributed by atoms with Gasteiger partial charge >= 0.3 is 0 Å². The molecule has 30 heavy (non-hydrogen) atoms. The lowest BCUT2D eigenvalue weighted by atomic mass is 9.72. The summed E-state index contributed by atoms with van der Waals surface area (Å²) in [5.41, 5.74) is 3.14. The van der Waals surface area contributed by atoms with Gasteiger partial charge in [0.05, 0.1) is 5.41 Å². The van der Waals surface area contributed by atoms with Gasteiger partial charge in [0.2, 0.25) is 11.8 Å². The second-order valence-corrected chi connectivity index (χ2v) is 9.36. The van der Waals surface area contributed by atoms with Crippen molar-refractivity contribution in [2.75, 3.05) is 27.2 Å². The average molecular weight is 405 g/mol. The standard InChI is InChI=1S/C26H32N2O2/c1-19-17-23(19)24(29)28-15-13-26(14-16-28,25(30)27(2)3)18-20-9-11-22(12-10-20)21-7-5-4-6-8-21/h4-12,19,23H,13-18H2,1-3H3/t19-,23+/m0/s1. The van der Waals surface area contributed by atoms with Gasteiger partial charge < -0.3 is 9.80 Å². The molecule has 2 amide bonds. The van der Waals surface area contributed by atoms with Crippen LogP contribution in [0.3, 0.4) is 0 Å². The van der Waals surface area contributed by atoms with E-state index in [1.165, 1.54) is 16.7 Å². The molecule has 4 rings (SSSR count). The van der Waals surface area contributed by atoms with Crippen molar-refractivity contribution in [3.8, 4) is 11.1 Å². The molecule has 158 valence electrons. The number of carbonyl (C=O) groups is 2. The number of benzene rings is 2. The minimum Gasteiger partial charge on any atom is -0.348 e. The highest BCUT2D eigenvalue weighted by molar-refractivity contribution is 5.84. The molecule has 0 aromatic heterocycles. The largest absolute Gasteiger partial charge is 0.348 e. The molecule has 1 saturated heterocycles. The second kappa shape index (κ2) is 8.25. The summed E-state index contributed by atoms with van der Waals surface area (Å²) in [6, 6.07) is 18.9. The number of amides is 2. The lowest BCUT2D eigenvalue weighted by Crippen LogP contribution is -2.51. The number of nitrogens with zero attached hydrogens (tertiary/aromatic N) is 2. The Labute approximate surface area is 179 Å². The van der Waals surface area contributed by atoms with Crippen LogP contribution in [0.25, 0.3) is 11.1 Å². The van der Waals surface area contributed by atoms with Gasteiger partial charge in [0.15, 0.2) is 0 Å². The maximum absolute atomic E-state index is 13.2. The highest BCUT2D eigenvalue weighted by atomic mass is 16.2. The number of hydrogen-bond acceptors (Lipinski definition) is 2. The fourth-order valence-corrected chi connectivity index (χ4v) is 4.83. The molecule has 2 aromatic carbocycles. The first-order valence-corrected chi connectivity index (χ1v) is 11.0. The zero-order chi connectivity index (χ0) is 21.3. The molecule has 4 nitrogen and oxygen atoms in total. The molecule has 0 unspecified atom stereocenters. The summed E-state index contributed by atoms with van der Waals surface area (Å²) in [5, 5.41) is 0. The van der Waals surface area contributed by atoms with E-state index in [-0.39, 0.29) is 11.8 Å². The summed E-state index contributed by atoms with van der Waals surface area (Å²) in [4.78, 5) is 29.6. The maximum Gasteiger partial charge on any atom is 0.228 e. The summed E-state index contributed by atoms with van der Waals surface area (Å²) in [7, 11) is 3.68. The molecule has 4 heteroatoms. The monoisotopic (exact) mass is 404 g/mol. The first-order chi connectivity index (χ1) is 14.4. The van der Waals surface area contributed by atoms with E-state index in [2.05, 4.69) is 43.3 Å². The van der Waals surface area contributed by atoms with E-state index in [9.17, 15) is 9.59 Å². The molecular formula is C26H32N2O2. The van der Waals surface area contributed by atoms with Crippen molar-refractivity contribution in [2.45, 2.75) is 32.6 Å². The van der Waals surface area contributed by atoms with E-state index in [0.29, 0.717) is 24.9 Å². The van der Waals surface area contributed by atoms with Crippen LogP contribution in [0.5, 0.6) is 0 Å². The van der Waals surface area contributed by atoms with Gasteiger partial charge in [-0.05, 0) is 48.3 Å². The van der Waals surface area contributed by atoms with E-state index in [4.69, 9.17) is 0 Å². The molecule has 2 atom stereocenters. The topological polar surface area (TPSA) is 40.6 Å². The molecule has 2 aliphatic rings. The van der Waals surface area contributed by atoms with E-state index in [1.54, 1.807) is 4.90 Å². The summed E-state index contributed by atoms with van der Waals surface area (Å²) in [5.74, 6) is 1.21. The zero-order valence-corrected chi connectivity index (χ0v) is 18.3. The minimum absolute atomic E-state index is 0.182. The Hall–Kier alpha value is -2.62. The Kier molecular flexibility index (Phi) is 5.68. The van der Waals surface area contributed by atoms with Crippen molar-refractivity contribution in [3.63, 3.8) is 0 Å². The summed E-state index contributed by atoms with van der Waals surface area (Å²) < 4.78 is 0. The number of carbonyl (C=O) groups excluding carboxylic acids is 2. The molecule has 1 aliphatic carbocycles. The van der Waals surface area contributed by atoms with Gasteiger partial charge in [0.1, 0.15) is 0 Å². The van der Waals surface area contributed by atoms with Gasteiger partial charge in [0, 0.05) is 33.1 Å². The number of rotatable bonds is 5. The molecule has 1 saturated carbocycles. The predicted octanol–water partition coefficient (Wildman–Crippen LogP) is 4.25. The fraction of sp³-hybridized carbons (Fsp3) is 0.462. The second-order valence-electron chi connectivity index (χ2n) is 9.36. The minimum atomic E-state index is -0.427. The lowest BCUT2D eigenvalue weighted by Gasteiger charge is -2.42. The van der Waals surface area contributed by atoms with Crippen LogP contribution in [-0.4, -0.2) is 48.8 Å². The molecule has 1 heterocycles. The van der Waals surface area contributed by atoms with Gasteiger partial charge in [-0.2, -0.15) is 0 Å². The van der Waals surface area contributed by atoms with Crippen molar-refractivity contribution in [1.29, 1.82) is 0 Å². The predicted molar refractivity (Wildman–Crippen MR) is 120 cm³/mol. The van der Waals surface area contributed by atoms with E-state index in [1.807, 2.05) is 37.2 Å². The van der Waals surface area contributed by atoms with Crippen molar-refractivity contribution in [1.82, 2.24) is 9.80 Å². The van der Waals surface area contributed by atoms with Gasteiger partial charge in [-0.25, -0.2) is 0 Å². The summed E-state index contributed by atoms with van der Waals surface area (Å²) >= 11 is 0. The Morgan fingerprint density at radius 3 is 2.07 bits per heavy atom. The third kappa shape index (κ3) is 4.14. The molecule has 0 bridgehead atoms. The van der Waals surface area contributed by atoms with Gasteiger partial charge in [-0.15, -0.1) is 0 Å². The Bertz CT molecular complexity index is 896. The Morgan fingerprint density at radius 2 is 1.53 bits per heavy atom. The molecule has 0 spiro atoms. The van der Waals surface area contributed by atoms with Gasteiger partial charge in [-0.1, -0.05) is 61.5 Å². The van der Waals surface area contributed by atoms with Crippen LogP contribution >= 0.6 is 0 Å². The quantitative estimate of drug-likeness (QED) is 0.748. The maximum atomic E-state index is 13.2. The zero-order valence-electron chi connectivity index (χ0n) is 18.3. The molecule has 2 fully saturated rings. The van der Waals surface area contributed by atoms with Crippen LogP contribution in [0.2, 0.25) is 0 Å². The van der Waals surface area contributed by atoms with Crippen molar-refractivity contribution < 1.29 is 9.59 Å². The first-order valence-electron chi connectivity index (χ1n) is 11.0. The van der Waals surface area contributed by atoms with Crippen molar-refractivity contribution in [2.24, 2.45) is 17.3 Å². The van der Waals surface area contributed by atoms with E-state index >= 15 is 0 Å². The molecule has 0 N–H and O–H groups in total. The SMILES string of the molecule is C[C@H]1C[C@H]1C(=O)N1CCC(Cc2ccc(-c3ccccc3)cc2)(C(=O)N(C)C)CC1. The number of hydrogen-bond donors (Lipinski definition) is 0. The smallest absolute Gasteiger partial charge is 0.228 e. The molecule has 0 radical (unpaired) electrons. The van der Waals surface area contributed by atoms with Crippen LogP contribution in [0, 0.1) is 17.3 Å². The van der Waals surface area contributed by atoms with Crippen LogP contribution in [0.1, 0.15) is 31.7 Å². The van der Waals surface area contributed by atoms with Crippen LogP contribution in [-0.2, 0) is 16.0 Å². The number of piperidine rings is 1. The summed E-state index contributed by atoms with van der Waals surface area (Å²) in [6.45, 7) is 3.51. The third-order valence-corrected chi connectivity index (χ3v) is 6.92. The van der Waals surface area contributed by atoms with E-state index < -0.39 is 5.41 Å². The highest BCUT2D eigenvalue weighted by Gasteiger charge is 2.46. The van der Waals surface area contributed by atoms with Crippen molar-refractivity contribution >= 4 is 11.8 Å². The average Bonchev–Trinajstić information content (AvgIpc) is 3.51. The normalized spacial score (nSPS) is 22.4. The van der Waals surface area contributed by atoms with E-state index in [0.717, 1.165) is 25.7 Å². The lowest BCUT2D eigenvalue weighted by molar-refractivity contribution is -0.146. The first kappa shape index (κ1) is 20.6.